The Morgan fingerprint density at radius 3 is 2.78 bits per heavy atom. The molecule has 0 aliphatic rings. The van der Waals surface area contributed by atoms with Crippen LogP contribution in [0.25, 0.3) is 0 Å². The Hall–Kier alpha value is -2.36. The van der Waals surface area contributed by atoms with E-state index in [1.54, 1.807) is 13.2 Å². The van der Waals surface area contributed by atoms with E-state index in [0.29, 0.717) is 5.92 Å². The fraction of sp³-hybridized carbons (Fsp3) is 0.368. The van der Waals surface area contributed by atoms with Crippen molar-refractivity contribution in [3.8, 4) is 0 Å². The summed E-state index contributed by atoms with van der Waals surface area (Å²) in [7, 11) is 1.80. The Labute approximate surface area is 139 Å². The number of hydrogen-bond donors (Lipinski definition) is 2. The van der Waals surface area contributed by atoms with E-state index in [2.05, 4.69) is 64.8 Å². The molecule has 0 aliphatic heterocycles. The van der Waals surface area contributed by atoms with Gasteiger partial charge in [0, 0.05) is 32.5 Å². The third-order valence-corrected chi connectivity index (χ3v) is 3.84. The van der Waals surface area contributed by atoms with Crippen LogP contribution >= 0.6 is 0 Å². The van der Waals surface area contributed by atoms with Crippen molar-refractivity contribution >= 4 is 5.96 Å². The van der Waals surface area contributed by atoms with E-state index >= 15 is 0 Å². The quantitative estimate of drug-likeness (QED) is 0.637. The van der Waals surface area contributed by atoms with Gasteiger partial charge in [-0.15, -0.1) is 0 Å². The number of nitrogens with zero attached hydrogens (tertiary/aromatic N) is 2. The summed E-state index contributed by atoms with van der Waals surface area (Å²) in [5.41, 5.74) is 3.88. The molecule has 4 heteroatoms. The molecule has 0 aliphatic carbocycles. The minimum absolute atomic E-state index is 0.437. The van der Waals surface area contributed by atoms with E-state index in [1.165, 1.54) is 16.7 Å². The normalized spacial score (nSPS) is 12.7. The number of aliphatic imine (C=N–C) groups is 1. The molecule has 1 aromatic heterocycles. The molecule has 0 fully saturated rings. The van der Waals surface area contributed by atoms with Crippen LogP contribution in [0, 0.1) is 6.92 Å². The summed E-state index contributed by atoms with van der Waals surface area (Å²) in [6.07, 6.45) is 4.63. The molecule has 2 N–H and O–H groups in total. The first kappa shape index (κ1) is 17.0. The van der Waals surface area contributed by atoms with E-state index < -0.39 is 0 Å². The number of aromatic nitrogens is 1. The van der Waals surface area contributed by atoms with E-state index in [-0.39, 0.29) is 0 Å². The van der Waals surface area contributed by atoms with Crippen LogP contribution in [-0.4, -0.2) is 31.1 Å². The average molecular weight is 310 g/mol. The molecule has 1 atom stereocenters. The highest BCUT2D eigenvalue weighted by Gasteiger charge is 2.06. The van der Waals surface area contributed by atoms with E-state index in [4.69, 9.17) is 0 Å². The molecule has 0 radical (unpaired) electrons. The van der Waals surface area contributed by atoms with Gasteiger partial charge < -0.3 is 10.6 Å². The van der Waals surface area contributed by atoms with Crippen molar-refractivity contribution in [1.29, 1.82) is 0 Å². The number of guanidine groups is 1. The van der Waals surface area contributed by atoms with Crippen LogP contribution in [0.3, 0.4) is 0 Å². The van der Waals surface area contributed by atoms with Gasteiger partial charge >= 0.3 is 0 Å². The first-order valence-electron chi connectivity index (χ1n) is 8.09. The van der Waals surface area contributed by atoms with Crippen molar-refractivity contribution in [2.75, 3.05) is 20.1 Å². The number of rotatable bonds is 6. The summed E-state index contributed by atoms with van der Waals surface area (Å²) in [5.74, 6) is 1.28. The molecule has 23 heavy (non-hydrogen) atoms. The molecule has 0 bridgehead atoms. The maximum atomic E-state index is 4.28. The van der Waals surface area contributed by atoms with Crippen molar-refractivity contribution in [3.05, 3.63) is 65.5 Å². The lowest BCUT2D eigenvalue weighted by Crippen LogP contribution is -2.39. The zero-order valence-electron chi connectivity index (χ0n) is 14.2. The van der Waals surface area contributed by atoms with Crippen LogP contribution in [0.2, 0.25) is 0 Å². The van der Waals surface area contributed by atoms with Crippen LogP contribution in [0.1, 0.15) is 29.5 Å². The number of aryl methyl sites for hydroxylation is 1. The topological polar surface area (TPSA) is 49.3 Å². The van der Waals surface area contributed by atoms with Gasteiger partial charge in [0.2, 0.25) is 0 Å². The number of nitrogens with one attached hydrogen (secondary N) is 2. The van der Waals surface area contributed by atoms with Gasteiger partial charge in [-0.05, 0) is 36.5 Å². The van der Waals surface area contributed by atoms with Gasteiger partial charge in [0.05, 0.1) is 0 Å². The summed E-state index contributed by atoms with van der Waals surface area (Å²) in [6.45, 7) is 6.05. The molecule has 1 aromatic carbocycles. The van der Waals surface area contributed by atoms with Crippen molar-refractivity contribution < 1.29 is 0 Å². The van der Waals surface area contributed by atoms with Crippen molar-refractivity contribution in [2.45, 2.75) is 26.2 Å². The first-order chi connectivity index (χ1) is 11.2. The summed E-state index contributed by atoms with van der Waals surface area (Å²) in [5, 5.41) is 6.74. The maximum Gasteiger partial charge on any atom is 0.191 e. The second-order valence-corrected chi connectivity index (χ2v) is 5.81. The minimum Gasteiger partial charge on any atom is -0.356 e. The Morgan fingerprint density at radius 2 is 2.09 bits per heavy atom. The summed E-state index contributed by atoms with van der Waals surface area (Å²) < 4.78 is 0. The third kappa shape index (κ3) is 5.74. The van der Waals surface area contributed by atoms with Gasteiger partial charge in [-0.25, -0.2) is 0 Å². The zero-order chi connectivity index (χ0) is 16.5. The highest BCUT2D eigenvalue weighted by molar-refractivity contribution is 5.79. The Morgan fingerprint density at radius 1 is 1.22 bits per heavy atom. The van der Waals surface area contributed by atoms with Crippen LogP contribution in [0.4, 0.5) is 0 Å². The fourth-order valence-electron chi connectivity index (χ4n) is 2.44. The fourth-order valence-corrected chi connectivity index (χ4v) is 2.44. The number of hydrogen-bond acceptors (Lipinski definition) is 2. The first-order valence-corrected chi connectivity index (χ1v) is 8.09. The lowest BCUT2D eigenvalue weighted by atomic mass is 9.99. The van der Waals surface area contributed by atoms with E-state index in [1.807, 2.05) is 12.3 Å². The molecule has 0 saturated carbocycles. The van der Waals surface area contributed by atoms with Crippen molar-refractivity contribution in [3.63, 3.8) is 0 Å². The van der Waals surface area contributed by atoms with Crippen LogP contribution < -0.4 is 10.6 Å². The Bertz CT molecular complexity index is 622. The van der Waals surface area contributed by atoms with Gasteiger partial charge in [0.1, 0.15) is 0 Å². The highest BCUT2D eigenvalue weighted by Crippen LogP contribution is 2.15. The molecule has 1 unspecified atom stereocenters. The molecular formula is C19H26N4. The maximum absolute atomic E-state index is 4.28. The van der Waals surface area contributed by atoms with E-state index in [9.17, 15) is 0 Å². The lowest BCUT2D eigenvalue weighted by molar-refractivity contribution is 0.697. The van der Waals surface area contributed by atoms with Gasteiger partial charge in [0.15, 0.2) is 5.96 Å². The second-order valence-electron chi connectivity index (χ2n) is 5.81. The average Bonchev–Trinajstić information content (AvgIpc) is 2.58. The van der Waals surface area contributed by atoms with Crippen molar-refractivity contribution in [2.24, 2.45) is 4.99 Å². The van der Waals surface area contributed by atoms with Gasteiger partial charge in [-0.3, -0.25) is 9.98 Å². The third-order valence-electron chi connectivity index (χ3n) is 3.84. The van der Waals surface area contributed by atoms with E-state index in [0.717, 1.165) is 25.5 Å². The number of pyridine rings is 1. The zero-order valence-corrected chi connectivity index (χ0v) is 14.2. The SMILES string of the molecule is CN=C(NCCc1cccnc1)NCC(C)c1cccc(C)c1. The molecule has 4 nitrogen and oxygen atoms in total. The van der Waals surface area contributed by atoms with Gasteiger partial charge in [-0.1, -0.05) is 42.8 Å². The molecular weight excluding hydrogens is 284 g/mol. The largest absolute Gasteiger partial charge is 0.356 e. The Kier molecular flexibility index (Phi) is 6.60. The molecule has 0 amide bonds. The summed E-state index contributed by atoms with van der Waals surface area (Å²) in [4.78, 5) is 8.41. The Balaban J connectivity index is 1.76. The van der Waals surface area contributed by atoms with Crippen LogP contribution in [-0.2, 0) is 6.42 Å². The minimum atomic E-state index is 0.437. The van der Waals surface area contributed by atoms with Gasteiger partial charge in [0.25, 0.3) is 0 Å². The predicted octanol–water partition coefficient (Wildman–Crippen LogP) is 2.90. The molecule has 2 rings (SSSR count). The standard InChI is InChI=1S/C19H26N4/c1-15-6-4-8-18(12-15)16(2)13-23-19(20-3)22-11-9-17-7-5-10-21-14-17/h4-8,10,12,14,16H,9,11,13H2,1-3H3,(H2,20,22,23). The monoisotopic (exact) mass is 310 g/mol. The van der Waals surface area contributed by atoms with Crippen LogP contribution in [0.15, 0.2) is 53.8 Å². The highest BCUT2D eigenvalue weighted by atomic mass is 15.2. The molecule has 2 aromatic rings. The molecule has 0 saturated heterocycles. The smallest absolute Gasteiger partial charge is 0.191 e. The molecule has 1 heterocycles. The summed E-state index contributed by atoms with van der Waals surface area (Å²) in [6, 6.07) is 12.7. The summed E-state index contributed by atoms with van der Waals surface area (Å²) >= 11 is 0. The van der Waals surface area contributed by atoms with Crippen LogP contribution in [0.5, 0.6) is 0 Å². The van der Waals surface area contributed by atoms with Gasteiger partial charge in [-0.2, -0.15) is 0 Å². The predicted molar refractivity (Wildman–Crippen MR) is 96.9 cm³/mol. The number of benzene rings is 1. The van der Waals surface area contributed by atoms with Crippen molar-refractivity contribution in [1.82, 2.24) is 15.6 Å². The lowest BCUT2D eigenvalue weighted by Gasteiger charge is -2.16. The molecule has 0 spiro atoms. The second kappa shape index (κ2) is 8.93. The molecule has 122 valence electrons.